The van der Waals surface area contributed by atoms with Gasteiger partial charge in [-0.1, -0.05) is 43.2 Å². The number of nitrogens with two attached hydrogens (primary N) is 1. The average molecular weight is 271 g/mol. The number of aliphatic hydroxyl groups is 1. The van der Waals surface area contributed by atoms with Crippen molar-refractivity contribution in [2.75, 3.05) is 6.61 Å². The monoisotopic (exact) mass is 271 g/mol. The molecule has 0 saturated heterocycles. The second-order valence-corrected chi connectivity index (χ2v) is 5.69. The Morgan fingerprint density at radius 1 is 1.10 bits per heavy atom. The van der Waals surface area contributed by atoms with Crippen LogP contribution in [0.2, 0.25) is 0 Å². The Morgan fingerprint density at radius 3 is 2.60 bits per heavy atom. The van der Waals surface area contributed by atoms with E-state index in [0.29, 0.717) is 13.2 Å². The van der Waals surface area contributed by atoms with Crippen LogP contribution >= 0.6 is 0 Å². The standard InChI is InChI=1S/C17H21NO2/c18-11-15-14-6-2-1-5-13(14)7-8-16(15)20-12-17(19)9-3-4-10-17/h1-2,5-8,19H,3-4,9-12,18H2. The summed E-state index contributed by atoms with van der Waals surface area (Å²) in [6.45, 7) is 0.799. The van der Waals surface area contributed by atoms with Crippen LogP contribution in [0.1, 0.15) is 31.2 Å². The maximum atomic E-state index is 10.4. The Kier molecular flexibility index (Phi) is 3.64. The van der Waals surface area contributed by atoms with Crippen LogP contribution in [-0.4, -0.2) is 17.3 Å². The summed E-state index contributed by atoms with van der Waals surface area (Å²) < 4.78 is 5.89. The van der Waals surface area contributed by atoms with E-state index in [9.17, 15) is 5.11 Å². The molecule has 0 aromatic heterocycles. The highest BCUT2D eigenvalue weighted by atomic mass is 16.5. The third kappa shape index (κ3) is 2.51. The molecule has 1 fully saturated rings. The normalized spacial score (nSPS) is 17.5. The Hall–Kier alpha value is -1.58. The van der Waals surface area contributed by atoms with Crippen LogP contribution in [0.4, 0.5) is 0 Å². The minimum absolute atomic E-state index is 0.359. The van der Waals surface area contributed by atoms with Gasteiger partial charge in [-0.15, -0.1) is 0 Å². The summed E-state index contributed by atoms with van der Waals surface area (Å²) in [5.41, 5.74) is 6.25. The maximum absolute atomic E-state index is 10.4. The van der Waals surface area contributed by atoms with Gasteiger partial charge in [-0.05, 0) is 29.7 Å². The second-order valence-electron chi connectivity index (χ2n) is 5.69. The third-order valence-electron chi connectivity index (χ3n) is 4.23. The molecular weight excluding hydrogens is 250 g/mol. The topological polar surface area (TPSA) is 55.5 Å². The number of fused-ring (bicyclic) bond motifs is 1. The molecule has 0 bridgehead atoms. The zero-order chi connectivity index (χ0) is 14.0. The molecule has 2 aromatic rings. The van der Waals surface area contributed by atoms with Crippen molar-refractivity contribution < 1.29 is 9.84 Å². The van der Waals surface area contributed by atoms with Gasteiger partial charge in [-0.3, -0.25) is 0 Å². The molecular formula is C17H21NO2. The van der Waals surface area contributed by atoms with E-state index in [1.807, 2.05) is 24.3 Å². The molecule has 0 radical (unpaired) electrons. The van der Waals surface area contributed by atoms with Crippen molar-refractivity contribution in [1.82, 2.24) is 0 Å². The van der Waals surface area contributed by atoms with E-state index in [2.05, 4.69) is 12.1 Å². The molecule has 3 nitrogen and oxygen atoms in total. The summed E-state index contributed by atoms with van der Waals surface area (Å²) in [7, 11) is 0. The molecule has 0 unspecified atom stereocenters. The minimum atomic E-state index is -0.655. The lowest BCUT2D eigenvalue weighted by atomic mass is 10.0. The molecule has 3 heteroatoms. The van der Waals surface area contributed by atoms with Crippen LogP contribution in [0.25, 0.3) is 10.8 Å². The average Bonchev–Trinajstić information content (AvgIpc) is 2.91. The highest BCUT2D eigenvalue weighted by Crippen LogP contribution is 2.32. The zero-order valence-corrected chi connectivity index (χ0v) is 11.6. The molecule has 3 N–H and O–H groups in total. The Morgan fingerprint density at radius 2 is 1.85 bits per heavy atom. The van der Waals surface area contributed by atoms with Crippen molar-refractivity contribution in [3.63, 3.8) is 0 Å². The lowest BCUT2D eigenvalue weighted by Crippen LogP contribution is -2.32. The lowest BCUT2D eigenvalue weighted by Gasteiger charge is -2.23. The molecule has 3 rings (SSSR count). The van der Waals surface area contributed by atoms with E-state index >= 15 is 0 Å². The van der Waals surface area contributed by atoms with Gasteiger partial charge in [-0.25, -0.2) is 0 Å². The van der Waals surface area contributed by atoms with Crippen molar-refractivity contribution in [2.24, 2.45) is 5.73 Å². The van der Waals surface area contributed by atoms with Crippen molar-refractivity contribution in [2.45, 2.75) is 37.8 Å². The number of rotatable bonds is 4. The van der Waals surface area contributed by atoms with Crippen LogP contribution in [0.5, 0.6) is 5.75 Å². The highest BCUT2D eigenvalue weighted by molar-refractivity contribution is 5.87. The van der Waals surface area contributed by atoms with Crippen LogP contribution in [0, 0.1) is 0 Å². The minimum Gasteiger partial charge on any atom is -0.490 e. The molecule has 0 atom stereocenters. The lowest BCUT2D eigenvalue weighted by molar-refractivity contribution is 0.00119. The SMILES string of the molecule is NCc1c(OCC2(O)CCCC2)ccc2ccccc12. The summed E-state index contributed by atoms with van der Waals surface area (Å²) in [5.74, 6) is 0.798. The summed E-state index contributed by atoms with van der Waals surface area (Å²) in [5, 5.41) is 12.7. The van der Waals surface area contributed by atoms with Gasteiger partial charge < -0.3 is 15.6 Å². The smallest absolute Gasteiger partial charge is 0.124 e. The van der Waals surface area contributed by atoms with E-state index in [1.54, 1.807) is 0 Å². The molecule has 1 aliphatic carbocycles. The second kappa shape index (κ2) is 5.43. The van der Waals surface area contributed by atoms with E-state index in [1.165, 1.54) is 5.39 Å². The molecule has 1 saturated carbocycles. The van der Waals surface area contributed by atoms with E-state index in [-0.39, 0.29) is 0 Å². The predicted molar refractivity (Wildman–Crippen MR) is 80.8 cm³/mol. The molecule has 0 spiro atoms. The van der Waals surface area contributed by atoms with Gasteiger partial charge in [0, 0.05) is 12.1 Å². The van der Waals surface area contributed by atoms with Gasteiger partial charge in [0.15, 0.2) is 0 Å². The van der Waals surface area contributed by atoms with Crippen LogP contribution in [0.15, 0.2) is 36.4 Å². The first-order chi connectivity index (χ1) is 9.72. The summed E-state index contributed by atoms with van der Waals surface area (Å²) in [4.78, 5) is 0. The van der Waals surface area contributed by atoms with Gasteiger partial charge in [0.2, 0.25) is 0 Å². The zero-order valence-electron chi connectivity index (χ0n) is 11.6. The molecule has 106 valence electrons. The molecule has 1 aliphatic rings. The molecule has 0 heterocycles. The quantitative estimate of drug-likeness (QED) is 0.899. The fraction of sp³-hybridized carbons (Fsp3) is 0.412. The van der Waals surface area contributed by atoms with Crippen LogP contribution in [-0.2, 0) is 6.54 Å². The van der Waals surface area contributed by atoms with Gasteiger partial charge in [0.1, 0.15) is 12.4 Å². The predicted octanol–water partition coefficient (Wildman–Crippen LogP) is 2.98. The third-order valence-corrected chi connectivity index (χ3v) is 4.23. The number of ether oxygens (including phenoxy) is 1. The van der Waals surface area contributed by atoms with Gasteiger partial charge in [0.05, 0.1) is 5.60 Å². The van der Waals surface area contributed by atoms with E-state index in [0.717, 1.165) is 42.4 Å². The fourth-order valence-electron chi connectivity index (χ4n) is 3.05. The van der Waals surface area contributed by atoms with E-state index < -0.39 is 5.60 Å². The van der Waals surface area contributed by atoms with Crippen molar-refractivity contribution in [3.05, 3.63) is 42.0 Å². The van der Waals surface area contributed by atoms with Crippen molar-refractivity contribution in [3.8, 4) is 5.75 Å². The first-order valence-electron chi connectivity index (χ1n) is 7.28. The fourth-order valence-corrected chi connectivity index (χ4v) is 3.05. The van der Waals surface area contributed by atoms with Crippen molar-refractivity contribution >= 4 is 10.8 Å². The van der Waals surface area contributed by atoms with Gasteiger partial charge in [-0.2, -0.15) is 0 Å². The molecule has 20 heavy (non-hydrogen) atoms. The summed E-state index contributed by atoms with van der Waals surface area (Å²) in [6, 6.07) is 12.2. The molecule has 0 aliphatic heterocycles. The van der Waals surface area contributed by atoms with Gasteiger partial charge >= 0.3 is 0 Å². The van der Waals surface area contributed by atoms with Crippen LogP contribution in [0.3, 0.4) is 0 Å². The van der Waals surface area contributed by atoms with Crippen LogP contribution < -0.4 is 10.5 Å². The van der Waals surface area contributed by atoms with Gasteiger partial charge in [0.25, 0.3) is 0 Å². The molecule has 0 amide bonds. The van der Waals surface area contributed by atoms with Crippen molar-refractivity contribution in [1.29, 1.82) is 0 Å². The summed E-state index contributed by atoms with van der Waals surface area (Å²) >= 11 is 0. The van der Waals surface area contributed by atoms with E-state index in [4.69, 9.17) is 10.5 Å². The molecule has 2 aromatic carbocycles. The first-order valence-corrected chi connectivity index (χ1v) is 7.28. The largest absolute Gasteiger partial charge is 0.490 e. The maximum Gasteiger partial charge on any atom is 0.124 e. The highest BCUT2D eigenvalue weighted by Gasteiger charge is 2.32. The number of hydrogen-bond donors (Lipinski definition) is 2. The first kappa shape index (κ1) is 13.4. The summed E-state index contributed by atoms with van der Waals surface area (Å²) in [6.07, 6.45) is 3.83. The Balaban J connectivity index is 1.87. The number of hydrogen-bond acceptors (Lipinski definition) is 3. The number of benzene rings is 2. The Bertz CT molecular complexity index is 603. The Labute approximate surface area is 119 Å².